The molecule has 0 unspecified atom stereocenters. The number of aliphatic imine (C=N–C) groups is 1. The summed E-state index contributed by atoms with van der Waals surface area (Å²) in [4.78, 5) is 21.0. The predicted molar refractivity (Wildman–Crippen MR) is 121 cm³/mol. The van der Waals surface area contributed by atoms with E-state index in [1.807, 2.05) is 11.9 Å². The van der Waals surface area contributed by atoms with E-state index in [-0.39, 0.29) is 5.91 Å². The summed E-state index contributed by atoms with van der Waals surface area (Å²) in [7, 11) is 1.85. The maximum absolute atomic E-state index is 11.9. The van der Waals surface area contributed by atoms with Crippen molar-refractivity contribution < 1.29 is 4.79 Å². The number of likely N-dealkylation sites (tertiary alicyclic amines) is 2. The molecule has 1 aromatic carbocycles. The highest BCUT2D eigenvalue weighted by Gasteiger charge is 2.27. The van der Waals surface area contributed by atoms with E-state index in [4.69, 9.17) is 0 Å². The summed E-state index contributed by atoms with van der Waals surface area (Å²) in [6, 6.07) is 9.87. The molecule has 0 spiro atoms. The summed E-state index contributed by atoms with van der Waals surface area (Å²) in [6.07, 6.45) is 9.68. The zero-order valence-electron chi connectivity index (χ0n) is 18.4. The summed E-state index contributed by atoms with van der Waals surface area (Å²) in [5, 5.41) is 7.10. The van der Waals surface area contributed by atoms with Gasteiger partial charge in [-0.2, -0.15) is 0 Å². The van der Waals surface area contributed by atoms with Crippen LogP contribution >= 0.6 is 0 Å². The van der Waals surface area contributed by atoms with E-state index in [2.05, 4.69) is 44.8 Å². The van der Waals surface area contributed by atoms with Gasteiger partial charge in [-0.15, -0.1) is 0 Å². The van der Waals surface area contributed by atoms with Gasteiger partial charge in [-0.3, -0.25) is 9.79 Å². The molecule has 3 aliphatic rings. The van der Waals surface area contributed by atoms with E-state index in [9.17, 15) is 4.79 Å². The molecule has 6 heteroatoms. The van der Waals surface area contributed by atoms with Crippen molar-refractivity contribution in [1.29, 1.82) is 0 Å². The van der Waals surface area contributed by atoms with Gasteiger partial charge in [0.05, 0.1) is 0 Å². The molecule has 4 rings (SSSR count). The van der Waals surface area contributed by atoms with Crippen molar-refractivity contribution in [1.82, 2.24) is 20.4 Å². The fraction of sp³-hybridized carbons (Fsp3) is 0.667. The molecule has 0 atom stereocenters. The molecule has 2 aliphatic heterocycles. The van der Waals surface area contributed by atoms with Crippen molar-refractivity contribution in [3.63, 3.8) is 0 Å². The summed E-state index contributed by atoms with van der Waals surface area (Å²) >= 11 is 0. The van der Waals surface area contributed by atoms with Crippen molar-refractivity contribution >= 4 is 11.9 Å². The number of hydrogen-bond donors (Lipinski definition) is 2. The van der Waals surface area contributed by atoms with Gasteiger partial charge >= 0.3 is 0 Å². The van der Waals surface area contributed by atoms with Gasteiger partial charge in [0, 0.05) is 58.3 Å². The van der Waals surface area contributed by atoms with Gasteiger partial charge in [0.1, 0.15) is 0 Å². The van der Waals surface area contributed by atoms with E-state index >= 15 is 0 Å². The van der Waals surface area contributed by atoms with Crippen molar-refractivity contribution in [2.45, 2.75) is 76.5 Å². The van der Waals surface area contributed by atoms with Crippen LogP contribution in [0.15, 0.2) is 29.3 Å². The minimum absolute atomic E-state index is 0.280. The number of hydrogen-bond acceptors (Lipinski definition) is 3. The van der Waals surface area contributed by atoms with Crippen LogP contribution in [-0.4, -0.2) is 60.4 Å². The van der Waals surface area contributed by atoms with Crippen molar-refractivity contribution in [3.05, 3.63) is 35.4 Å². The zero-order chi connectivity index (χ0) is 20.8. The maximum atomic E-state index is 11.9. The van der Waals surface area contributed by atoms with E-state index in [1.165, 1.54) is 62.7 Å². The first-order valence-corrected chi connectivity index (χ1v) is 11.8. The number of benzene rings is 1. The largest absolute Gasteiger partial charge is 0.354 e. The van der Waals surface area contributed by atoms with Crippen LogP contribution in [0, 0.1) is 0 Å². The first-order valence-electron chi connectivity index (χ1n) is 11.8. The van der Waals surface area contributed by atoms with E-state index in [0.29, 0.717) is 12.5 Å². The molecule has 30 heavy (non-hydrogen) atoms. The third-order valence-corrected chi connectivity index (χ3v) is 6.93. The second kappa shape index (κ2) is 10.3. The minimum atomic E-state index is 0.280. The number of nitrogens with one attached hydrogen (secondary N) is 2. The molecule has 3 fully saturated rings. The van der Waals surface area contributed by atoms with Crippen LogP contribution in [0.3, 0.4) is 0 Å². The van der Waals surface area contributed by atoms with Crippen molar-refractivity contribution in [2.75, 3.05) is 26.7 Å². The number of nitrogens with zero attached hydrogens (tertiary/aromatic N) is 3. The van der Waals surface area contributed by atoms with Crippen molar-refractivity contribution in [3.8, 4) is 0 Å². The summed E-state index contributed by atoms with van der Waals surface area (Å²) in [5.41, 5.74) is 2.42. The normalized spacial score (nSPS) is 22.1. The Morgan fingerprint density at radius 1 is 1.07 bits per heavy atom. The highest BCUT2D eigenvalue weighted by molar-refractivity contribution is 5.80. The Balaban J connectivity index is 1.23. The highest BCUT2D eigenvalue weighted by Crippen LogP contribution is 2.26. The third kappa shape index (κ3) is 5.54. The molecule has 164 valence electrons. The Labute approximate surface area is 181 Å². The fourth-order valence-electron chi connectivity index (χ4n) is 5.18. The van der Waals surface area contributed by atoms with Crippen LogP contribution in [0.2, 0.25) is 0 Å². The molecule has 1 saturated carbocycles. The highest BCUT2D eigenvalue weighted by atomic mass is 16.2. The molecule has 2 N–H and O–H groups in total. The molecule has 1 aromatic rings. The van der Waals surface area contributed by atoms with Gasteiger partial charge in [0.25, 0.3) is 0 Å². The average molecular weight is 412 g/mol. The number of amides is 1. The van der Waals surface area contributed by atoms with Crippen molar-refractivity contribution in [2.24, 2.45) is 4.99 Å². The Morgan fingerprint density at radius 3 is 2.53 bits per heavy atom. The van der Waals surface area contributed by atoms with Gasteiger partial charge < -0.3 is 20.4 Å². The second-order valence-electron chi connectivity index (χ2n) is 9.06. The molecular formula is C24H37N5O. The molecule has 1 aliphatic carbocycles. The number of piperidine rings is 1. The second-order valence-corrected chi connectivity index (χ2v) is 9.06. The number of carbonyl (C=O) groups excluding carboxylic acids is 1. The quantitative estimate of drug-likeness (QED) is 0.558. The van der Waals surface area contributed by atoms with Crippen LogP contribution in [0.1, 0.15) is 62.5 Å². The molecular weight excluding hydrogens is 374 g/mol. The molecule has 2 heterocycles. The van der Waals surface area contributed by atoms with Gasteiger partial charge in [-0.05, 0) is 43.2 Å². The minimum Gasteiger partial charge on any atom is -0.354 e. The molecule has 6 nitrogen and oxygen atoms in total. The SMILES string of the molecule is CN=C(NCc1cccc(CN2CCCC2=O)c1)NC1CCN(C2CCCC2)CC1. The summed E-state index contributed by atoms with van der Waals surface area (Å²) in [6.45, 7) is 4.76. The summed E-state index contributed by atoms with van der Waals surface area (Å²) < 4.78 is 0. The van der Waals surface area contributed by atoms with Crippen LogP contribution < -0.4 is 10.6 Å². The Hall–Kier alpha value is -2.08. The van der Waals surface area contributed by atoms with Crippen LogP contribution in [0.4, 0.5) is 0 Å². The molecule has 1 amide bonds. The zero-order valence-corrected chi connectivity index (χ0v) is 18.4. The van der Waals surface area contributed by atoms with Crippen LogP contribution in [0.5, 0.6) is 0 Å². The Morgan fingerprint density at radius 2 is 1.83 bits per heavy atom. The fourth-order valence-corrected chi connectivity index (χ4v) is 5.18. The van der Waals surface area contributed by atoms with E-state index in [1.54, 1.807) is 0 Å². The number of guanidine groups is 1. The Kier molecular flexibility index (Phi) is 7.26. The molecule has 2 saturated heterocycles. The van der Waals surface area contributed by atoms with Gasteiger partial charge in [0.2, 0.25) is 5.91 Å². The van der Waals surface area contributed by atoms with Gasteiger partial charge in [-0.1, -0.05) is 37.1 Å². The lowest BCUT2D eigenvalue weighted by molar-refractivity contribution is -0.128. The lowest BCUT2D eigenvalue weighted by atomic mass is 10.0. The molecule has 0 aromatic heterocycles. The first-order chi connectivity index (χ1) is 14.7. The number of rotatable bonds is 6. The standard InChI is InChI=1S/C24H37N5O/c1-25-24(27-21-11-14-28(15-12-21)22-8-2-3-9-22)26-17-19-6-4-7-20(16-19)18-29-13-5-10-23(29)30/h4,6-7,16,21-22H,2-3,5,8-15,17-18H2,1H3,(H2,25,26,27). The van der Waals surface area contributed by atoms with Gasteiger partial charge in [-0.25, -0.2) is 0 Å². The van der Waals surface area contributed by atoms with E-state index in [0.717, 1.165) is 38.1 Å². The summed E-state index contributed by atoms with van der Waals surface area (Å²) in [5.74, 6) is 1.16. The third-order valence-electron chi connectivity index (χ3n) is 6.93. The maximum Gasteiger partial charge on any atom is 0.222 e. The van der Waals surface area contributed by atoms with Crippen LogP contribution in [0.25, 0.3) is 0 Å². The lowest BCUT2D eigenvalue weighted by Crippen LogP contribution is -2.50. The topological polar surface area (TPSA) is 60.0 Å². The van der Waals surface area contributed by atoms with Gasteiger partial charge in [0.15, 0.2) is 5.96 Å². The lowest BCUT2D eigenvalue weighted by Gasteiger charge is -2.36. The van der Waals surface area contributed by atoms with E-state index < -0.39 is 0 Å². The number of carbonyl (C=O) groups is 1. The first kappa shape index (κ1) is 21.2. The predicted octanol–water partition coefficient (Wildman–Crippen LogP) is 2.88. The Bertz CT molecular complexity index is 735. The smallest absolute Gasteiger partial charge is 0.222 e. The average Bonchev–Trinajstić information content (AvgIpc) is 3.44. The van der Waals surface area contributed by atoms with Crippen LogP contribution in [-0.2, 0) is 17.9 Å². The molecule has 0 radical (unpaired) electrons. The monoisotopic (exact) mass is 411 g/mol. The molecule has 0 bridgehead atoms.